The van der Waals surface area contributed by atoms with E-state index in [0.29, 0.717) is 13.0 Å². The van der Waals surface area contributed by atoms with Gasteiger partial charge < -0.3 is 4.90 Å². The minimum absolute atomic E-state index is 0.0888. The second kappa shape index (κ2) is 7.57. The smallest absolute Gasteiger partial charge is 0.243 e. The summed E-state index contributed by atoms with van der Waals surface area (Å²) in [5.74, 6) is 0.0888. The third-order valence-corrected chi connectivity index (χ3v) is 7.28. The zero-order chi connectivity index (χ0) is 19.7. The number of rotatable bonds is 5. The van der Waals surface area contributed by atoms with E-state index in [1.807, 2.05) is 18.2 Å². The summed E-state index contributed by atoms with van der Waals surface area (Å²) in [5.41, 5.74) is 3.17. The zero-order valence-corrected chi connectivity index (χ0v) is 17.0. The molecule has 2 heterocycles. The van der Waals surface area contributed by atoms with Gasteiger partial charge in [0.15, 0.2) is 0 Å². The lowest BCUT2D eigenvalue weighted by Crippen LogP contribution is -2.35. The third kappa shape index (κ3) is 3.65. The van der Waals surface area contributed by atoms with E-state index in [4.69, 9.17) is 0 Å². The van der Waals surface area contributed by atoms with Gasteiger partial charge in [-0.3, -0.25) is 4.79 Å². The normalized spacial score (nSPS) is 15.5. The van der Waals surface area contributed by atoms with Gasteiger partial charge >= 0.3 is 0 Å². The molecule has 1 aromatic heterocycles. The highest BCUT2D eigenvalue weighted by atomic mass is 32.2. The molecule has 28 heavy (non-hydrogen) atoms. The number of piperidine rings is 1. The van der Waals surface area contributed by atoms with Crippen LogP contribution in [0.2, 0.25) is 0 Å². The first-order chi connectivity index (χ1) is 13.4. The zero-order valence-electron chi connectivity index (χ0n) is 15.4. The molecule has 0 N–H and O–H groups in total. The van der Waals surface area contributed by atoms with Crippen molar-refractivity contribution in [2.24, 2.45) is 0 Å². The first-order valence-corrected chi connectivity index (χ1v) is 11.2. The van der Waals surface area contributed by atoms with E-state index in [1.54, 1.807) is 36.2 Å². The summed E-state index contributed by atoms with van der Waals surface area (Å²) in [6, 6.07) is 12.1. The molecule has 0 radical (unpaired) electrons. The molecule has 146 valence electrons. The van der Waals surface area contributed by atoms with Crippen LogP contribution in [0.15, 0.2) is 47.4 Å². The molecule has 1 saturated heterocycles. The molecule has 7 nitrogen and oxygen atoms in total. The first-order valence-electron chi connectivity index (χ1n) is 9.03. The Labute approximate surface area is 168 Å². The minimum atomic E-state index is -3.64. The summed E-state index contributed by atoms with van der Waals surface area (Å²) >= 11 is 1.14. The van der Waals surface area contributed by atoms with Crippen LogP contribution in [0, 0.1) is 0 Å². The summed E-state index contributed by atoms with van der Waals surface area (Å²) in [6.45, 7) is 0.918. The van der Waals surface area contributed by atoms with Crippen LogP contribution in [-0.2, 0) is 21.4 Å². The van der Waals surface area contributed by atoms with Crippen molar-refractivity contribution >= 4 is 44.4 Å². The van der Waals surface area contributed by atoms with E-state index in [-0.39, 0.29) is 17.3 Å². The molecule has 0 spiro atoms. The number of hydrogen-bond acceptors (Lipinski definition) is 6. The van der Waals surface area contributed by atoms with Crippen molar-refractivity contribution in [2.45, 2.75) is 30.7 Å². The fraction of sp³-hybridized carbons (Fsp3) is 0.316. The van der Waals surface area contributed by atoms with Crippen molar-refractivity contribution in [1.82, 2.24) is 13.1 Å². The number of carbonyl (C=O) groups is 1. The van der Waals surface area contributed by atoms with E-state index < -0.39 is 10.0 Å². The van der Waals surface area contributed by atoms with Crippen LogP contribution in [0.5, 0.6) is 0 Å². The average molecular weight is 417 g/mol. The van der Waals surface area contributed by atoms with Gasteiger partial charge in [-0.2, -0.15) is 13.1 Å². The van der Waals surface area contributed by atoms with Crippen LogP contribution in [0.25, 0.3) is 11.0 Å². The molecule has 1 aliphatic rings. The molecule has 0 aliphatic carbocycles. The van der Waals surface area contributed by atoms with E-state index >= 15 is 0 Å². The van der Waals surface area contributed by atoms with Gasteiger partial charge in [0.25, 0.3) is 0 Å². The van der Waals surface area contributed by atoms with Crippen LogP contribution in [0.4, 0.5) is 5.69 Å². The second-order valence-corrected chi connectivity index (χ2v) is 9.42. The predicted octanol–water partition coefficient (Wildman–Crippen LogP) is 3.03. The van der Waals surface area contributed by atoms with Crippen molar-refractivity contribution in [2.75, 3.05) is 18.5 Å². The quantitative estimate of drug-likeness (QED) is 0.638. The van der Waals surface area contributed by atoms with Crippen LogP contribution in [-0.4, -0.2) is 41.0 Å². The molecule has 2 aromatic carbocycles. The molecule has 4 rings (SSSR count). The molecular weight excluding hydrogens is 396 g/mol. The van der Waals surface area contributed by atoms with Crippen LogP contribution < -0.4 is 4.90 Å². The Bertz CT molecular complexity index is 1110. The number of aromatic nitrogens is 2. The Kier molecular flexibility index (Phi) is 5.13. The van der Waals surface area contributed by atoms with Gasteiger partial charge in [-0.05, 0) is 54.8 Å². The maximum Gasteiger partial charge on any atom is 0.243 e. The fourth-order valence-electron chi connectivity index (χ4n) is 3.33. The van der Waals surface area contributed by atoms with Crippen molar-refractivity contribution in [3.05, 3.63) is 48.0 Å². The van der Waals surface area contributed by atoms with E-state index in [2.05, 4.69) is 8.75 Å². The van der Waals surface area contributed by atoms with E-state index in [1.165, 1.54) is 4.31 Å². The molecule has 3 aromatic rings. The Morgan fingerprint density at radius 1 is 1.07 bits per heavy atom. The number of sulfonamides is 1. The lowest BCUT2D eigenvalue weighted by atomic mass is 10.1. The Morgan fingerprint density at radius 3 is 2.57 bits per heavy atom. The highest BCUT2D eigenvalue weighted by Crippen LogP contribution is 2.24. The van der Waals surface area contributed by atoms with Crippen molar-refractivity contribution in [3.63, 3.8) is 0 Å². The minimum Gasteiger partial charge on any atom is -0.312 e. The van der Waals surface area contributed by atoms with Crippen molar-refractivity contribution in [1.29, 1.82) is 0 Å². The molecule has 0 unspecified atom stereocenters. The topological polar surface area (TPSA) is 83.5 Å². The van der Waals surface area contributed by atoms with Crippen LogP contribution in [0.1, 0.15) is 24.8 Å². The fourth-order valence-corrected chi connectivity index (χ4v) is 5.00. The highest BCUT2D eigenvalue weighted by Gasteiger charge is 2.23. The Morgan fingerprint density at radius 2 is 1.82 bits per heavy atom. The summed E-state index contributed by atoms with van der Waals surface area (Å²) in [5, 5.41) is 0. The predicted molar refractivity (Wildman–Crippen MR) is 109 cm³/mol. The molecule has 9 heteroatoms. The maximum atomic E-state index is 12.9. The van der Waals surface area contributed by atoms with Crippen molar-refractivity contribution < 1.29 is 13.2 Å². The molecular formula is C19H20N4O3S2. The lowest BCUT2D eigenvalue weighted by Gasteiger charge is -2.27. The molecule has 1 amide bonds. The number of carbonyl (C=O) groups excluding carboxylic acids is 1. The Balaban J connectivity index is 1.52. The Hall–Kier alpha value is -2.36. The summed E-state index contributed by atoms with van der Waals surface area (Å²) < 4.78 is 35.5. The highest BCUT2D eigenvalue weighted by molar-refractivity contribution is 7.89. The largest absolute Gasteiger partial charge is 0.312 e. The number of hydrogen-bond donors (Lipinski definition) is 0. The lowest BCUT2D eigenvalue weighted by molar-refractivity contribution is -0.119. The number of anilines is 1. The number of fused-ring (bicyclic) bond motifs is 1. The van der Waals surface area contributed by atoms with Gasteiger partial charge in [0.2, 0.25) is 15.9 Å². The molecule has 0 saturated carbocycles. The first kappa shape index (κ1) is 19.0. The van der Waals surface area contributed by atoms with Gasteiger partial charge in [0.1, 0.15) is 11.0 Å². The van der Waals surface area contributed by atoms with E-state index in [0.717, 1.165) is 46.9 Å². The summed E-state index contributed by atoms with van der Waals surface area (Å²) in [6.07, 6.45) is 2.42. The summed E-state index contributed by atoms with van der Waals surface area (Å²) in [7, 11) is -2.09. The van der Waals surface area contributed by atoms with Gasteiger partial charge in [0.05, 0.1) is 16.6 Å². The summed E-state index contributed by atoms with van der Waals surface area (Å²) in [4.78, 5) is 14.0. The average Bonchev–Trinajstić information content (AvgIpc) is 3.16. The molecule has 1 fully saturated rings. The van der Waals surface area contributed by atoms with Crippen molar-refractivity contribution in [3.8, 4) is 0 Å². The maximum absolute atomic E-state index is 12.9. The monoisotopic (exact) mass is 416 g/mol. The molecule has 0 atom stereocenters. The second-order valence-electron chi connectivity index (χ2n) is 6.84. The SMILES string of the molecule is CN(Cc1ccc2nsnc2c1)S(=O)(=O)c1ccc(N2CCCCC2=O)cc1. The van der Waals surface area contributed by atoms with Crippen LogP contribution >= 0.6 is 11.7 Å². The van der Waals surface area contributed by atoms with Gasteiger partial charge in [-0.1, -0.05) is 6.07 Å². The standard InChI is InChI=1S/C19H20N4O3S2/c1-22(13-14-5-10-17-18(12-14)21-27-20-17)28(25,26)16-8-6-15(7-9-16)23-11-3-2-4-19(23)24/h5-10,12H,2-4,11,13H2,1H3. The number of benzene rings is 2. The third-order valence-electron chi connectivity index (χ3n) is 4.90. The number of amides is 1. The molecule has 0 bridgehead atoms. The van der Waals surface area contributed by atoms with E-state index in [9.17, 15) is 13.2 Å². The van der Waals surface area contributed by atoms with Crippen LogP contribution in [0.3, 0.4) is 0 Å². The van der Waals surface area contributed by atoms with Gasteiger partial charge in [-0.25, -0.2) is 8.42 Å². The molecule has 1 aliphatic heterocycles. The van der Waals surface area contributed by atoms with Gasteiger partial charge in [0, 0.05) is 32.2 Å². The number of nitrogens with zero attached hydrogens (tertiary/aromatic N) is 4. The van der Waals surface area contributed by atoms with Gasteiger partial charge in [-0.15, -0.1) is 0 Å².